The van der Waals surface area contributed by atoms with E-state index in [1.807, 2.05) is 24.3 Å². The Morgan fingerprint density at radius 2 is 2.24 bits per heavy atom. The van der Waals surface area contributed by atoms with Crippen LogP contribution in [0.5, 0.6) is 0 Å². The molecule has 6 heteroatoms. The largest absolute Gasteiger partial charge is 0.383 e. The molecule has 0 spiro atoms. The Kier molecular flexibility index (Phi) is 4.47. The van der Waals surface area contributed by atoms with Gasteiger partial charge in [-0.05, 0) is 6.07 Å². The second kappa shape index (κ2) is 6.09. The molecule has 0 saturated heterocycles. The van der Waals surface area contributed by atoms with Crippen molar-refractivity contribution in [2.75, 3.05) is 25.6 Å². The summed E-state index contributed by atoms with van der Waals surface area (Å²) in [7, 11) is 1.67. The van der Waals surface area contributed by atoms with E-state index >= 15 is 0 Å². The van der Waals surface area contributed by atoms with Gasteiger partial charge in [0.15, 0.2) is 5.82 Å². The van der Waals surface area contributed by atoms with Crippen LogP contribution in [0.3, 0.4) is 0 Å². The highest BCUT2D eigenvalue weighted by atomic mass is 79.9. The van der Waals surface area contributed by atoms with Crippen molar-refractivity contribution < 1.29 is 4.74 Å². The van der Waals surface area contributed by atoms with E-state index in [-0.39, 0.29) is 0 Å². The summed E-state index contributed by atoms with van der Waals surface area (Å²) >= 11 is 4.85. The van der Waals surface area contributed by atoms with Crippen LogP contribution in [0, 0.1) is 0 Å². The lowest BCUT2D eigenvalue weighted by Crippen LogP contribution is -2.06. The second-order valence-electron chi connectivity index (χ2n) is 3.32. The lowest BCUT2D eigenvalue weighted by Gasteiger charge is -2.00. The molecular weight excluding hydrogens is 302 g/mol. The van der Waals surface area contributed by atoms with Crippen molar-refractivity contribution in [1.82, 2.24) is 9.36 Å². The van der Waals surface area contributed by atoms with E-state index in [0.717, 1.165) is 27.5 Å². The highest BCUT2D eigenvalue weighted by Crippen LogP contribution is 2.27. The summed E-state index contributed by atoms with van der Waals surface area (Å²) in [4.78, 5) is 4.42. The molecule has 0 saturated carbocycles. The molecule has 2 rings (SSSR count). The number of hydrogen-bond donors (Lipinski definition) is 1. The predicted octanol–water partition coefficient (Wildman–Crippen LogP) is 3.03. The molecule has 0 radical (unpaired) electrons. The second-order valence-corrected chi connectivity index (χ2v) is 4.93. The zero-order chi connectivity index (χ0) is 12.1. The Hall–Kier alpha value is -0.980. The molecule has 0 aliphatic heterocycles. The number of aromatic nitrogens is 2. The first-order valence-electron chi connectivity index (χ1n) is 5.12. The van der Waals surface area contributed by atoms with Crippen LogP contribution in [-0.2, 0) is 4.74 Å². The third kappa shape index (κ3) is 3.24. The third-order valence-corrected chi connectivity index (χ3v) is 3.49. The molecule has 0 aliphatic carbocycles. The lowest BCUT2D eigenvalue weighted by molar-refractivity contribution is 0.211. The summed E-state index contributed by atoms with van der Waals surface area (Å²) in [6.45, 7) is 1.39. The van der Waals surface area contributed by atoms with E-state index in [2.05, 4.69) is 30.6 Å². The maximum atomic E-state index is 4.96. The number of nitrogens with zero attached hydrogens (tertiary/aromatic N) is 2. The summed E-state index contributed by atoms with van der Waals surface area (Å²) < 4.78 is 10.3. The minimum atomic E-state index is 0.657. The third-order valence-electron chi connectivity index (χ3n) is 2.12. The highest BCUT2D eigenvalue weighted by Gasteiger charge is 2.08. The standard InChI is InChI=1S/C11H12BrN3OS/c1-16-7-6-13-11-14-10(15-17-11)8-4-2-3-5-9(8)12/h2-5H,6-7H2,1H3,(H,13,14,15). The highest BCUT2D eigenvalue weighted by molar-refractivity contribution is 9.10. The number of anilines is 1. The normalized spacial score (nSPS) is 10.5. The van der Waals surface area contributed by atoms with Crippen molar-refractivity contribution in [3.8, 4) is 11.4 Å². The first-order chi connectivity index (χ1) is 8.31. The smallest absolute Gasteiger partial charge is 0.202 e. The van der Waals surface area contributed by atoms with Gasteiger partial charge in [-0.25, -0.2) is 0 Å². The van der Waals surface area contributed by atoms with Gasteiger partial charge < -0.3 is 10.1 Å². The van der Waals surface area contributed by atoms with Gasteiger partial charge in [-0.1, -0.05) is 34.1 Å². The fraction of sp³-hybridized carbons (Fsp3) is 0.273. The van der Waals surface area contributed by atoms with Crippen LogP contribution in [-0.4, -0.2) is 29.6 Å². The van der Waals surface area contributed by atoms with Gasteiger partial charge in [0.05, 0.1) is 6.61 Å². The number of methoxy groups -OCH3 is 1. The molecule has 0 aliphatic rings. The average molecular weight is 314 g/mol. The summed E-state index contributed by atoms with van der Waals surface area (Å²) in [5.74, 6) is 0.738. The van der Waals surface area contributed by atoms with Crippen molar-refractivity contribution in [3.63, 3.8) is 0 Å². The minimum Gasteiger partial charge on any atom is -0.383 e. The van der Waals surface area contributed by atoms with Gasteiger partial charge in [0, 0.05) is 35.2 Å². The Balaban J connectivity index is 2.10. The maximum Gasteiger partial charge on any atom is 0.202 e. The van der Waals surface area contributed by atoms with Gasteiger partial charge in [0.25, 0.3) is 0 Å². The summed E-state index contributed by atoms with van der Waals surface area (Å²) in [5, 5.41) is 3.97. The molecule has 0 amide bonds. The molecule has 0 atom stereocenters. The molecule has 1 heterocycles. The zero-order valence-corrected chi connectivity index (χ0v) is 11.7. The molecule has 1 N–H and O–H groups in total. The summed E-state index contributed by atoms with van der Waals surface area (Å²) in [6.07, 6.45) is 0. The molecule has 0 fully saturated rings. The van der Waals surface area contributed by atoms with Crippen LogP contribution in [0.2, 0.25) is 0 Å². The van der Waals surface area contributed by atoms with E-state index in [1.165, 1.54) is 11.5 Å². The Morgan fingerprint density at radius 1 is 1.41 bits per heavy atom. The van der Waals surface area contributed by atoms with Gasteiger partial charge >= 0.3 is 0 Å². The van der Waals surface area contributed by atoms with Crippen molar-refractivity contribution in [2.45, 2.75) is 0 Å². The number of hydrogen-bond acceptors (Lipinski definition) is 5. The molecule has 4 nitrogen and oxygen atoms in total. The van der Waals surface area contributed by atoms with Crippen LogP contribution in [0.15, 0.2) is 28.7 Å². The van der Waals surface area contributed by atoms with E-state index in [1.54, 1.807) is 7.11 Å². The molecule has 2 aromatic rings. The van der Waals surface area contributed by atoms with Crippen LogP contribution >= 0.6 is 27.5 Å². The topological polar surface area (TPSA) is 47.0 Å². The number of benzene rings is 1. The van der Waals surface area contributed by atoms with E-state index < -0.39 is 0 Å². The number of ether oxygens (including phenoxy) is 1. The zero-order valence-electron chi connectivity index (χ0n) is 9.31. The van der Waals surface area contributed by atoms with Crippen molar-refractivity contribution in [1.29, 1.82) is 0 Å². The Labute approximate surface area is 112 Å². The Bertz CT molecular complexity index is 489. The van der Waals surface area contributed by atoms with Gasteiger partial charge in [0.2, 0.25) is 5.13 Å². The van der Waals surface area contributed by atoms with Gasteiger partial charge in [0.1, 0.15) is 0 Å². The van der Waals surface area contributed by atoms with Crippen molar-refractivity contribution >= 4 is 32.6 Å². The monoisotopic (exact) mass is 313 g/mol. The quantitative estimate of drug-likeness (QED) is 0.862. The van der Waals surface area contributed by atoms with Crippen LogP contribution < -0.4 is 5.32 Å². The van der Waals surface area contributed by atoms with Crippen molar-refractivity contribution in [3.05, 3.63) is 28.7 Å². The molecule has 1 aromatic carbocycles. The predicted molar refractivity (Wildman–Crippen MR) is 73.4 cm³/mol. The Morgan fingerprint density at radius 3 is 3.00 bits per heavy atom. The molecular formula is C11H12BrN3OS. The van der Waals surface area contributed by atoms with Crippen molar-refractivity contribution in [2.24, 2.45) is 0 Å². The SMILES string of the molecule is COCCNc1nc(-c2ccccc2Br)ns1. The molecule has 1 aromatic heterocycles. The van der Waals surface area contributed by atoms with E-state index in [0.29, 0.717) is 6.61 Å². The van der Waals surface area contributed by atoms with E-state index in [9.17, 15) is 0 Å². The summed E-state index contributed by atoms with van der Waals surface area (Å²) in [5.41, 5.74) is 1.00. The fourth-order valence-corrected chi connectivity index (χ4v) is 2.38. The first-order valence-corrected chi connectivity index (χ1v) is 6.69. The van der Waals surface area contributed by atoms with Crippen LogP contribution in [0.4, 0.5) is 5.13 Å². The number of halogens is 1. The molecule has 17 heavy (non-hydrogen) atoms. The molecule has 90 valence electrons. The van der Waals surface area contributed by atoms with Gasteiger partial charge in [-0.15, -0.1) is 0 Å². The maximum absolute atomic E-state index is 4.96. The first kappa shape index (κ1) is 12.5. The average Bonchev–Trinajstić information content (AvgIpc) is 2.79. The van der Waals surface area contributed by atoms with Crippen LogP contribution in [0.25, 0.3) is 11.4 Å². The molecule has 0 bridgehead atoms. The lowest BCUT2D eigenvalue weighted by atomic mass is 10.2. The number of rotatable bonds is 5. The van der Waals surface area contributed by atoms with Gasteiger partial charge in [-0.2, -0.15) is 9.36 Å². The molecule has 0 unspecified atom stereocenters. The van der Waals surface area contributed by atoms with E-state index in [4.69, 9.17) is 4.74 Å². The van der Waals surface area contributed by atoms with Crippen LogP contribution in [0.1, 0.15) is 0 Å². The summed E-state index contributed by atoms with van der Waals surface area (Å²) in [6, 6.07) is 7.91. The minimum absolute atomic E-state index is 0.657. The fourth-order valence-electron chi connectivity index (χ4n) is 1.31. The number of nitrogens with one attached hydrogen (secondary N) is 1. The van der Waals surface area contributed by atoms with Gasteiger partial charge in [-0.3, -0.25) is 0 Å².